The molecule has 1 unspecified atom stereocenters. The van der Waals surface area contributed by atoms with Crippen molar-refractivity contribution in [2.45, 2.75) is 19.1 Å². The summed E-state index contributed by atoms with van der Waals surface area (Å²) in [5.41, 5.74) is 2.24. The normalized spacial score (nSPS) is 17.0. The van der Waals surface area contributed by atoms with E-state index in [9.17, 15) is 4.79 Å². The molecule has 5 heteroatoms. The van der Waals surface area contributed by atoms with E-state index in [1.807, 2.05) is 30.3 Å². The predicted molar refractivity (Wildman–Crippen MR) is 78.6 cm³/mol. The average molecular weight is 284 g/mol. The second-order valence-corrected chi connectivity index (χ2v) is 4.84. The van der Waals surface area contributed by atoms with Gasteiger partial charge in [-0.2, -0.15) is 0 Å². The Morgan fingerprint density at radius 3 is 2.90 bits per heavy atom. The molecule has 1 N–H and O–H groups in total. The number of hydrogen-bond donors (Lipinski definition) is 1. The van der Waals surface area contributed by atoms with Gasteiger partial charge in [0.05, 0.1) is 12.0 Å². The highest BCUT2D eigenvalue weighted by Gasteiger charge is 2.25. The Morgan fingerprint density at radius 1 is 1.33 bits per heavy atom. The Hall–Kier alpha value is -2.40. The molecule has 0 radical (unpaired) electrons. The molecule has 0 bridgehead atoms. The number of aromatic nitrogens is 2. The number of H-pyrrole nitrogens is 1. The number of fused-ring (bicyclic) bond motifs is 1. The van der Waals surface area contributed by atoms with Crippen molar-refractivity contribution in [3.63, 3.8) is 0 Å². The van der Waals surface area contributed by atoms with Crippen LogP contribution in [0.15, 0.2) is 47.2 Å². The summed E-state index contributed by atoms with van der Waals surface area (Å²) >= 11 is 0. The van der Waals surface area contributed by atoms with Crippen LogP contribution in [0.5, 0.6) is 0 Å². The number of hydrogen-bond acceptors (Lipinski definition) is 4. The van der Waals surface area contributed by atoms with Crippen LogP contribution in [0.3, 0.4) is 0 Å². The monoisotopic (exact) mass is 284 g/mol. The third-order valence-corrected chi connectivity index (χ3v) is 3.50. The van der Waals surface area contributed by atoms with E-state index in [2.05, 4.69) is 9.97 Å². The van der Waals surface area contributed by atoms with Crippen LogP contribution in [0.4, 0.5) is 0 Å². The zero-order valence-corrected chi connectivity index (χ0v) is 11.7. The number of benzene rings is 1. The first-order valence-corrected chi connectivity index (χ1v) is 6.75. The van der Waals surface area contributed by atoms with Crippen molar-refractivity contribution < 1.29 is 9.47 Å². The van der Waals surface area contributed by atoms with Gasteiger partial charge in [-0.3, -0.25) is 4.79 Å². The maximum atomic E-state index is 11.8. The third kappa shape index (κ3) is 2.87. The SMILES string of the molecule is COC1Cc2c(nc[nH]c2=O)C=C1OCc1ccccc1. The quantitative estimate of drug-likeness (QED) is 0.931. The molecule has 1 aliphatic carbocycles. The molecular weight excluding hydrogens is 268 g/mol. The van der Waals surface area contributed by atoms with E-state index in [0.29, 0.717) is 30.0 Å². The van der Waals surface area contributed by atoms with Gasteiger partial charge in [0.2, 0.25) is 0 Å². The van der Waals surface area contributed by atoms with E-state index >= 15 is 0 Å². The Kier molecular flexibility index (Phi) is 3.83. The summed E-state index contributed by atoms with van der Waals surface area (Å²) in [4.78, 5) is 18.6. The second-order valence-electron chi connectivity index (χ2n) is 4.84. The zero-order valence-electron chi connectivity index (χ0n) is 11.7. The molecule has 2 aromatic rings. The Bertz CT molecular complexity index is 707. The minimum Gasteiger partial charge on any atom is -0.490 e. The lowest BCUT2D eigenvalue weighted by atomic mass is 9.99. The maximum Gasteiger partial charge on any atom is 0.254 e. The van der Waals surface area contributed by atoms with Crippen LogP contribution in [-0.4, -0.2) is 23.2 Å². The van der Waals surface area contributed by atoms with Crippen molar-refractivity contribution in [2.75, 3.05) is 7.11 Å². The van der Waals surface area contributed by atoms with E-state index in [1.54, 1.807) is 13.2 Å². The largest absolute Gasteiger partial charge is 0.490 e. The van der Waals surface area contributed by atoms with Gasteiger partial charge in [-0.15, -0.1) is 0 Å². The number of aromatic amines is 1. The van der Waals surface area contributed by atoms with Crippen molar-refractivity contribution >= 4 is 6.08 Å². The number of methoxy groups -OCH3 is 1. The molecule has 0 saturated heterocycles. The summed E-state index contributed by atoms with van der Waals surface area (Å²) in [5, 5.41) is 0. The molecule has 1 aromatic carbocycles. The van der Waals surface area contributed by atoms with Crippen LogP contribution < -0.4 is 5.56 Å². The number of nitrogens with one attached hydrogen (secondary N) is 1. The van der Waals surface area contributed by atoms with Gasteiger partial charge in [0.15, 0.2) is 0 Å². The minimum atomic E-state index is -0.258. The van der Waals surface area contributed by atoms with Crippen molar-refractivity contribution in [3.8, 4) is 0 Å². The van der Waals surface area contributed by atoms with Crippen molar-refractivity contribution in [1.29, 1.82) is 0 Å². The average Bonchev–Trinajstić information content (AvgIpc) is 2.53. The van der Waals surface area contributed by atoms with Gasteiger partial charge in [-0.1, -0.05) is 30.3 Å². The van der Waals surface area contributed by atoms with Crippen LogP contribution in [-0.2, 0) is 22.5 Å². The molecule has 21 heavy (non-hydrogen) atoms. The third-order valence-electron chi connectivity index (χ3n) is 3.50. The molecule has 0 amide bonds. The van der Waals surface area contributed by atoms with Crippen LogP contribution in [0, 0.1) is 0 Å². The van der Waals surface area contributed by atoms with Crippen LogP contribution in [0.25, 0.3) is 6.08 Å². The molecule has 3 rings (SSSR count). The minimum absolute atomic E-state index is 0.125. The van der Waals surface area contributed by atoms with Gasteiger partial charge in [-0.25, -0.2) is 4.98 Å². The summed E-state index contributed by atoms with van der Waals surface area (Å²) < 4.78 is 11.3. The van der Waals surface area contributed by atoms with Gasteiger partial charge in [0, 0.05) is 25.2 Å². The molecule has 1 atom stereocenters. The van der Waals surface area contributed by atoms with E-state index in [1.165, 1.54) is 6.33 Å². The molecule has 0 aliphatic heterocycles. The number of ether oxygens (including phenoxy) is 2. The molecule has 0 spiro atoms. The van der Waals surface area contributed by atoms with Crippen LogP contribution >= 0.6 is 0 Å². The van der Waals surface area contributed by atoms with Gasteiger partial charge >= 0.3 is 0 Å². The molecule has 1 aromatic heterocycles. The molecule has 5 nitrogen and oxygen atoms in total. The summed E-state index contributed by atoms with van der Waals surface area (Å²) in [6, 6.07) is 9.91. The number of nitrogens with zero attached hydrogens (tertiary/aromatic N) is 1. The zero-order chi connectivity index (χ0) is 14.7. The van der Waals surface area contributed by atoms with Gasteiger partial charge in [-0.05, 0) is 5.56 Å². The molecule has 1 heterocycles. The summed E-state index contributed by atoms with van der Waals surface area (Å²) in [6.45, 7) is 0.463. The lowest BCUT2D eigenvalue weighted by Gasteiger charge is -2.23. The Labute approximate surface area is 122 Å². The first-order valence-electron chi connectivity index (χ1n) is 6.75. The highest BCUT2D eigenvalue weighted by Crippen LogP contribution is 2.24. The molecule has 0 fully saturated rings. The van der Waals surface area contributed by atoms with Crippen LogP contribution in [0.1, 0.15) is 16.8 Å². The highest BCUT2D eigenvalue weighted by molar-refractivity contribution is 5.55. The van der Waals surface area contributed by atoms with E-state index < -0.39 is 0 Å². The van der Waals surface area contributed by atoms with Gasteiger partial charge in [0.25, 0.3) is 5.56 Å². The lowest BCUT2D eigenvalue weighted by molar-refractivity contribution is 0.0584. The van der Waals surface area contributed by atoms with E-state index in [0.717, 1.165) is 5.56 Å². The summed E-state index contributed by atoms with van der Waals surface area (Å²) in [5.74, 6) is 0.701. The summed E-state index contributed by atoms with van der Waals surface area (Å²) in [7, 11) is 1.61. The molecule has 108 valence electrons. The smallest absolute Gasteiger partial charge is 0.254 e. The molecule has 0 saturated carbocycles. The number of rotatable bonds is 4. The Morgan fingerprint density at radius 2 is 2.14 bits per heavy atom. The lowest BCUT2D eigenvalue weighted by Crippen LogP contribution is -2.28. The molecular formula is C16H16N2O3. The standard InChI is InChI=1S/C16H16N2O3/c1-20-14-7-12-13(17-10-18-16(12)19)8-15(14)21-9-11-5-3-2-4-6-11/h2-6,8,10,14H,7,9H2,1H3,(H,17,18,19). The first-order chi connectivity index (χ1) is 10.3. The fourth-order valence-corrected chi connectivity index (χ4v) is 2.35. The van der Waals surface area contributed by atoms with Crippen molar-refractivity contribution in [2.24, 2.45) is 0 Å². The topological polar surface area (TPSA) is 64.2 Å². The fourth-order valence-electron chi connectivity index (χ4n) is 2.35. The van der Waals surface area contributed by atoms with Gasteiger partial charge in [0.1, 0.15) is 18.5 Å². The van der Waals surface area contributed by atoms with Gasteiger partial charge < -0.3 is 14.5 Å². The van der Waals surface area contributed by atoms with Crippen molar-refractivity contribution in [3.05, 3.63) is 69.6 Å². The maximum absolute atomic E-state index is 11.8. The van der Waals surface area contributed by atoms with Crippen molar-refractivity contribution in [1.82, 2.24) is 9.97 Å². The van der Waals surface area contributed by atoms with E-state index in [-0.39, 0.29) is 11.7 Å². The first kappa shape index (κ1) is 13.6. The Balaban J connectivity index is 1.84. The fraction of sp³-hybridized carbons (Fsp3) is 0.250. The van der Waals surface area contributed by atoms with E-state index in [4.69, 9.17) is 9.47 Å². The predicted octanol–water partition coefficient (Wildman–Crippen LogP) is 1.90. The second kappa shape index (κ2) is 5.93. The van der Waals surface area contributed by atoms with Crippen LogP contribution in [0.2, 0.25) is 0 Å². The highest BCUT2D eigenvalue weighted by atomic mass is 16.5. The summed E-state index contributed by atoms with van der Waals surface area (Å²) in [6.07, 6.45) is 3.40. The molecule has 1 aliphatic rings.